The zero-order valence-electron chi connectivity index (χ0n) is 18.8. The molecule has 16 heteroatoms. The van der Waals surface area contributed by atoms with E-state index in [0.29, 0.717) is 12.0 Å². The average Bonchev–Trinajstić information content (AvgIpc) is 3.32. The predicted octanol–water partition coefficient (Wildman–Crippen LogP) is 1.62. The van der Waals surface area contributed by atoms with Crippen LogP contribution < -0.4 is 15.2 Å². The lowest BCUT2D eigenvalue weighted by Crippen LogP contribution is -2.43. The van der Waals surface area contributed by atoms with Crippen LogP contribution in [0.25, 0.3) is 11.5 Å². The van der Waals surface area contributed by atoms with Gasteiger partial charge in [0.25, 0.3) is 0 Å². The maximum atomic E-state index is 13.7. The van der Waals surface area contributed by atoms with Crippen LogP contribution >= 0.6 is 11.8 Å². The van der Waals surface area contributed by atoms with Gasteiger partial charge in [-0.25, -0.2) is 27.9 Å². The van der Waals surface area contributed by atoms with Crippen LogP contribution in [-0.2, 0) is 21.4 Å². The first-order valence-electron chi connectivity index (χ1n) is 10.3. The van der Waals surface area contributed by atoms with Crippen molar-refractivity contribution in [3.05, 3.63) is 45.7 Å². The van der Waals surface area contributed by atoms with Gasteiger partial charge in [-0.1, -0.05) is 23.0 Å². The average molecular weight is 529 g/mol. The molecular formula is C19H21FN6O7S2. The first-order valence-corrected chi connectivity index (χ1v) is 12.7. The third-order valence-electron chi connectivity index (χ3n) is 4.75. The Hall–Kier alpha value is -3.24. The van der Waals surface area contributed by atoms with Crippen LogP contribution in [0.4, 0.5) is 9.18 Å². The number of ether oxygens (including phenoxy) is 1. The third-order valence-corrected chi connectivity index (χ3v) is 6.72. The van der Waals surface area contributed by atoms with Gasteiger partial charge in [0, 0.05) is 12.3 Å². The van der Waals surface area contributed by atoms with Crippen molar-refractivity contribution in [3.8, 4) is 11.5 Å². The molecule has 1 atom stereocenters. The number of hydrogen-bond donors (Lipinski definition) is 2. The Balaban J connectivity index is 1.40. The highest BCUT2D eigenvalue weighted by Gasteiger charge is 2.34. The van der Waals surface area contributed by atoms with E-state index < -0.39 is 39.5 Å². The molecule has 188 valence electrons. The number of carbonyl (C=O) groups excluding carboxylic acids is 1. The number of nitrogens with zero attached hydrogens (tertiary/aromatic N) is 4. The van der Waals surface area contributed by atoms with Crippen molar-refractivity contribution in [2.45, 2.75) is 43.9 Å². The van der Waals surface area contributed by atoms with E-state index in [9.17, 15) is 22.4 Å². The Morgan fingerprint density at radius 2 is 2.09 bits per heavy atom. The van der Waals surface area contributed by atoms with Crippen molar-refractivity contribution >= 4 is 28.1 Å². The minimum atomic E-state index is -4.15. The largest absolute Gasteiger partial charge is 0.443 e. The molecule has 0 bridgehead atoms. The summed E-state index contributed by atoms with van der Waals surface area (Å²) in [5, 5.41) is 11.6. The summed E-state index contributed by atoms with van der Waals surface area (Å²) in [6.45, 7) is 4.71. The summed E-state index contributed by atoms with van der Waals surface area (Å²) in [6, 6.07) is 3.85. The molecule has 0 spiro atoms. The molecule has 1 amide bonds. The van der Waals surface area contributed by atoms with Gasteiger partial charge in [-0.3, -0.25) is 4.52 Å². The minimum Gasteiger partial charge on any atom is -0.443 e. The molecule has 13 nitrogen and oxygen atoms in total. The molecular weight excluding hydrogens is 507 g/mol. The Morgan fingerprint density at radius 3 is 2.83 bits per heavy atom. The zero-order valence-corrected chi connectivity index (χ0v) is 20.4. The summed E-state index contributed by atoms with van der Waals surface area (Å²) in [7, 11) is -4.15. The van der Waals surface area contributed by atoms with Gasteiger partial charge in [-0.05, 0) is 60.8 Å². The van der Waals surface area contributed by atoms with E-state index in [0.717, 1.165) is 17.3 Å². The minimum absolute atomic E-state index is 0.0471. The Morgan fingerprint density at radius 1 is 1.31 bits per heavy atom. The molecule has 2 heterocycles. The van der Waals surface area contributed by atoms with Crippen molar-refractivity contribution in [1.29, 1.82) is 0 Å². The number of hydrogen-bond acceptors (Lipinski definition) is 11. The summed E-state index contributed by atoms with van der Waals surface area (Å²) >= 11 is 1.07. The Labute approximate surface area is 202 Å². The van der Waals surface area contributed by atoms with Gasteiger partial charge in [-0.2, -0.15) is 13.1 Å². The highest BCUT2D eigenvalue weighted by atomic mass is 32.2. The van der Waals surface area contributed by atoms with E-state index in [1.165, 1.54) is 16.7 Å². The van der Waals surface area contributed by atoms with Crippen molar-refractivity contribution in [3.63, 3.8) is 0 Å². The van der Waals surface area contributed by atoms with Crippen LogP contribution in [0.2, 0.25) is 0 Å². The first kappa shape index (κ1) is 24.9. The predicted molar refractivity (Wildman–Crippen MR) is 119 cm³/mol. The quantitative estimate of drug-likeness (QED) is 0.321. The second-order valence-corrected chi connectivity index (χ2v) is 11.1. The molecule has 0 saturated heterocycles. The fraction of sp³-hybridized carbons (Fsp3) is 0.421. The van der Waals surface area contributed by atoms with Crippen molar-refractivity contribution in [1.82, 2.24) is 29.5 Å². The molecule has 0 aliphatic heterocycles. The molecule has 35 heavy (non-hydrogen) atoms. The van der Waals surface area contributed by atoms with E-state index in [4.69, 9.17) is 13.9 Å². The summed E-state index contributed by atoms with van der Waals surface area (Å²) in [4.78, 5) is 24.0. The molecule has 1 aromatic carbocycles. The van der Waals surface area contributed by atoms with Gasteiger partial charge in [0.1, 0.15) is 11.4 Å². The molecule has 1 aliphatic carbocycles. The second-order valence-electron chi connectivity index (χ2n) is 8.47. The zero-order chi connectivity index (χ0) is 25.4. The number of nitrogens with one attached hydrogen (secondary N) is 2. The summed E-state index contributed by atoms with van der Waals surface area (Å²) < 4.78 is 57.4. The standard InChI is InChI=1S/C19H21FN6O7S2/c1-19(2,3)31-17(27)25-35(29,30)21-6-7-34-16-14(22-33-24-16)15-23-32-18(28)26(15)13-8-10-4-5-11(20)9-12(10)13/h4-5,9,13,21H,6-8H2,1-3H3,(H,25,27)/t13-/m0/s1. The lowest BCUT2D eigenvalue weighted by Gasteiger charge is -2.30. The van der Waals surface area contributed by atoms with E-state index in [1.54, 1.807) is 31.6 Å². The van der Waals surface area contributed by atoms with Crippen LogP contribution in [-0.4, -0.2) is 52.4 Å². The van der Waals surface area contributed by atoms with Gasteiger partial charge in [-0.15, -0.1) is 0 Å². The molecule has 2 aromatic heterocycles. The molecule has 0 unspecified atom stereocenters. The number of aromatic nitrogens is 4. The van der Waals surface area contributed by atoms with E-state index in [1.807, 2.05) is 0 Å². The number of halogens is 1. The van der Waals surface area contributed by atoms with Crippen LogP contribution in [0.15, 0.2) is 37.2 Å². The van der Waals surface area contributed by atoms with Gasteiger partial charge in [0.2, 0.25) is 5.82 Å². The van der Waals surface area contributed by atoms with Gasteiger partial charge in [0.15, 0.2) is 10.7 Å². The number of benzene rings is 1. The molecule has 2 N–H and O–H groups in total. The van der Waals surface area contributed by atoms with Crippen molar-refractivity contribution in [2.75, 3.05) is 12.3 Å². The smallest absolute Gasteiger partial charge is 0.442 e. The lowest BCUT2D eigenvalue weighted by atomic mass is 9.83. The maximum absolute atomic E-state index is 13.7. The highest BCUT2D eigenvalue weighted by Crippen LogP contribution is 2.38. The lowest BCUT2D eigenvalue weighted by molar-refractivity contribution is 0.0569. The number of fused-ring (bicyclic) bond motifs is 1. The molecule has 3 aromatic rings. The van der Waals surface area contributed by atoms with E-state index in [-0.39, 0.29) is 28.8 Å². The summed E-state index contributed by atoms with van der Waals surface area (Å²) in [6.07, 6.45) is -0.633. The maximum Gasteiger partial charge on any atom is 0.442 e. The Bertz CT molecular complexity index is 1410. The highest BCUT2D eigenvalue weighted by molar-refractivity contribution is 7.99. The summed E-state index contributed by atoms with van der Waals surface area (Å²) in [5.41, 5.74) is 0.786. The van der Waals surface area contributed by atoms with E-state index >= 15 is 0 Å². The van der Waals surface area contributed by atoms with Crippen LogP contribution in [0, 0.1) is 5.82 Å². The second kappa shape index (κ2) is 9.43. The van der Waals surface area contributed by atoms with Gasteiger partial charge < -0.3 is 4.74 Å². The van der Waals surface area contributed by atoms with Crippen LogP contribution in [0.3, 0.4) is 0 Å². The van der Waals surface area contributed by atoms with Gasteiger partial charge >= 0.3 is 22.1 Å². The van der Waals surface area contributed by atoms with Crippen molar-refractivity contribution < 1.29 is 31.5 Å². The van der Waals surface area contributed by atoms with Gasteiger partial charge in [0.05, 0.1) is 6.04 Å². The topological polar surface area (TPSA) is 171 Å². The van der Waals surface area contributed by atoms with E-state index in [2.05, 4.69) is 20.2 Å². The monoisotopic (exact) mass is 528 g/mol. The van der Waals surface area contributed by atoms with Crippen LogP contribution in [0.1, 0.15) is 37.9 Å². The number of carbonyl (C=O) groups is 1. The first-order chi connectivity index (χ1) is 16.4. The Kier molecular flexibility index (Phi) is 6.70. The molecule has 0 radical (unpaired) electrons. The molecule has 0 fully saturated rings. The fourth-order valence-electron chi connectivity index (χ4n) is 3.35. The molecule has 4 rings (SSSR count). The van der Waals surface area contributed by atoms with Crippen molar-refractivity contribution in [2.24, 2.45) is 0 Å². The fourth-order valence-corrected chi connectivity index (χ4v) is 4.93. The summed E-state index contributed by atoms with van der Waals surface area (Å²) in [5.74, 6) is -0.969. The SMILES string of the molecule is CC(C)(C)OC(=O)NS(=O)(=O)NCCSc1nonc1-c1noc(=O)n1[C@H]1Cc2ccc(F)cc21. The molecule has 1 aliphatic rings. The number of rotatable bonds is 8. The number of thioether (sulfide) groups is 1. The third kappa shape index (κ3) is 5.71. The molecule has 0 saturated carbocycles. The normalized spacial score (nSPS) is 15.4. The number of amides is 1. The van der Waals surface area contributed by atoms with Crippen LogP contribution in [0.5, 0.6) is 0 Å².